The Balaban J connectivity index is 1.79. The van der Waals surface area contributed by atoms with Crippen LogP contribution in [0.15, 0.2) is 87.4 Å². The molecule has 4 aromatic rings. The van der Waals surface area contributed by atoms with E-state index in [-0.39, 0.29) is 21.7 Å². The third-order valence-electron chi connectivity index (χ3n) is 4.53. The van der Waals surface area contributed by atoms with E-state index in [2.05, 4.69) is 15.3 Å². The van der Waals surface area contributed by atoms with Gasteiger partial charge < -0.3 is 9.73 Å². The van der Waals surface area contributed by atoms with Gasteiger partial charge in [-0.15, -0.1) is 0 Å². The normalized spacial score (nSPS) is 11.4. The lowest BCUT2D eigenvalue weighted by atomic mass is 10.1. The van der Waals surface area contributed by atoms with Gasteiger partial charge in [0.25, 0.3) is 0 Å². The molecule has 1 N–H and O–H groups in total. The summed E-state index contributed by atoms with van der Waals surface area (Å²) in [5, 5.41) is 2.75. The van der Waals surface area contributed by atoms with Crippen LogP contribution in [0.3, 0.4) is 0 Å². The molecular weight excluding hydrogens is 405 g/mol. The van der Waals surface area contributed by atoms with Crippen LogP contribution in [0.5, 0.6) is 0 Å². The molecule has 0 atom stereocenters. The third-order valence-corrected chi connectivity index (χ3v) is 6.20. The molecule has 0 aliphatic carbocycles. The number of rotatable bonds is 6. The summed E-state index contributed by atoms with van der Waals surface area (Å²) in [6.07, 6.45) is 3.32. The maximum Gasteiger partial charge on any atom is 0.234 e. The van der Waals surface area contributed by atoms with Gasteiger partial charge in [-0.05, 0) is 54.4 Å². The fourth-order valence-corrected chi connectivity index (χ4v) is 4.22. The first-order valence-electron chi connectivity index (χ1n) is 9.15. The van der Waals surface area contributed by atoms with Crippen LogP contribution in [0.25, 0.3) is 11.5 Å². The molecule has 6 nitrogen and oxygen atoms in total. The molecule has 0 saturated heterocycles. The van der Waals surface area contributed by atoms with Gasteiger partial charge in [0.1, 0.15) is 5.82 Å². The molecular formula is C22H18FN3O3S. The van der Waals surface area contributed by atoms with Crippen molar-refractivity contribution >= 4 is 15.7 Å². The highest BCUT2D eigenvalue weighted by molar-refractivity contribution is 7.91. The number of pyridine rings is 1. The number of oxazole rings is 1. The van der Waals surface area contributed by atoms with Crippen LogP contribution in [0.4, 0.5) is 10.3 Å². The summed E-state index contributed by atoms with van der Waals surface area (Å²) in [5.74, 6) is -0.325. The van der Waals surface area contributed by atoms with Gasteiger partial charge in [-0.25, -0.2) is 12.8 Å². The SMILES string of the molecule is Cc1ccccc1-c1nc(S(=O)(=O)c2ccc(F)cc2)c(NCc2cccnc2)o1. The molecule has 0 aliphatic rings. The topological polar surface area (TPSA) is 85.1 Å². The molecule has 4 rings (SSSR count). The molecule has 2 heterocycles. The Kier molecular flexibility index (Phi) is 5.33. The van der Waals surface area contributed by atoms with E-state index in [4.69, 9.17) is 4.42 Å². The Labute approximate surface area is 173 Å². The maximum absolute atomic E-state index is 13.3. The molecule has 0 saturated carbocycles. The highest BCUT2D eigenvalue weighted by Gasteiger charge is 2.29. The van der Waals surface area contributed by atoms with E-state index in [1.54, 1.807) is 24.5 Å². The van der Waals surface area contributed by atoms with E-state index in [1.807, 2.05) is 31.2 Å². The zero-order chi connectivity index (χ0) is 21.1. The Bertz CT molecular complexity index is 1270. The van der Waals surface area contributed by atoms with Gasteiger partial charge in [-0.2, -0.15) is 4.98 Å². The van der Waals surface area contributed by atoms with Gasteiger partial charge >= 0.3 is 0 Å². The second kappa shape index (κ2) is 8.08. The molecule has 30 heavy (non-hydrogen) atoms. The average Bonchev–Trinajstić information content (AvgIpc) is 3.18. The van der Waals surface area contributed by atoms with E-state index in [1.165, 1.54) is 12.1 Å². The minimum Gasteiger partial charge on any atom is -0.419 e. The van der Waals surface area contributed by atoms with Crippen molar-refractivity contribution in [2.24, 2.45) is 0 Å². The number of benzene rings is 2. The van der Waals surface area contributed by atoms with E-state index >= 15 is 0 Å². The number of hydrogen-bond acceptors (Lipinski definition) is 6. The van der Waals surface area contributed by atoms with E-state index in [0.717, 1.165) is 23.3 Å². The van der Waals surface area contributed by atoms with Gasteiger partial charge in [0, 0.05) is 24.5 Å². The number of aryl methyl sites for hydroxylation is 1. The predicted octanol–water partition coefficient (Wildman–Crippen LogP) is 4.63. The Morgan fingerprint density at radius 1 is 1.03 bits per heavy atom. The van der Waals surface area contributed by atoms with Gasteiger partial charge in [0.2, 0.25) is 26.6 Å². The number of nitrogens with zero attached hydrogens (tertiary/aromatic N) is 2. The van der Waals surface area contributed by atoms with Crippen molar-refractivity contribution in [1.82, 2.24) is 9.97 Å². The summed E-state index contributed by atoms with van der Waals surface area (Å²) in [5.41, 5.74) is 2.42. The minimum absolute atomic E-state index is 0.0152. The Morgan fingerprint density at radius 2 is 1.80 bits per heavy atom. The van der Waals surface area contributed by atoms with Gasteiger partial charge in [0.05, 0.1) is 4.90 Å². The number of aromatic nitrogens is 2. The summed E-state index contributed by atoms with van der Waals surface area (Å²) in [4.78, 5) is 8.27. The second-order valence-corrected chi connectivity index (χ2v) is 8.51. The zero-order valence-electron chi connectivity index (χ0n) is 16.0. The quantitative estimate of drug-likeness (QED) is 0.455. The van der Waals surface area contributed by atoms with Crippen molar-refractivity contribution in [2.75, 3.05) is 5.32 Å². The number of hydrogen-bond donors (Lipinski definition) is 1. The van der Waals surface area contributed by atoms with Crippen LogP contribution in [-0.4, -0.2) is 18.4 Å². The van der Waals surface area contributed by atoms with Crippen LogP contribution < -0.4 is 5.32 Å². The molecule has 2 aromatic carbocycles. The van der Waals surface area contributed by atoms with Crippen LogP contribution in [0.2, 0.25) is 0 Å². The van der Waals surface area contributed by atoms with Crippen molar-refractivity contribution < 1.29 is 17.2 Å². The van der Waals surface area contributed by atoms with E-state index in [9.17, 15) is 12.8 Å². The monoisotopic (exact) mass is 423 g/mol. The highest BCUT2D eigenvalue weighted by Crippen LogP contribution is 2.33. The molecule has 0 unspecified atom stereocenters. The van der Waals surface area contributed by atoms with Gasteiger partial charge in [0.15, 0.2) is 0 Å². The van der Waals surface area contributed by atoms with E-state index in [0.29, 0.717) is 12.1 Å². The largest absolute Gasteiger partial charge is 0.419 e. The number of nitrogens with one attached hydrogen (secondary N) is 1. The number of halogens is 1. The van der Waals surface area contributed by atoms with Crippen molar-refractivity contribution in [3.8, 4) is 11.5 Å². The van der Waals surface area contributed by atoms with Crippen molar-refractivity contribution in [3.05, 3.63) is 90.0 Å². The maximum atomic E-state index is 13.3. The lowest BCUT2D eigenvalue weighted by molar-refractivity contribution is 0.576. The number of anilines is 1. The lowest BCUT2D eigenvalue weighted by Crippen LogP contribution is -2.07. The van der Waals surface area contributed by atoms with Crippen LogP contribution in [0, 0.1) is 12.7 Å². The van der Waals surface area contributed by atoms with E-state index < -0.39 is 15.7 Å². The number of sulfone groups is 1. The molecule has 0 bridgehead atoms. The Hall–Kier alpha value is -3.52. The first-order chi connectivity index (χ1) is 14.4. The summed E-state index contributed by atoms with van der Waals surface area (Å²) in [6.45, 7) is 2.18. The first-order valence-corrected chi connectivity index (χ1v) is 10.6. The fourth-order valence-electron chi connectivity index (χ4n) is 2.94. The minimum atomic E-state index is -4.04. The zero-order valence-corrected chi connectivity index (χ0v) is 16.9. The van der Waals surface area contributed by atoms with Crippen molar-refractivity contribution in [3.63, 3.8) is 0 Å². The molecule has 0 amide bonds. The highest BCUT2D eigenvalue weighted by atomic mass is 32.2. The van der Waals surface area contributed by atoms with Crippen molar-refractivity contribution in [2.45, 2.75) is 23.4 Å². The molecule has 0 radical (unpaired) electrons. The fraction of sp³-hybridized carbons (Fsp3) is 0.0909. The van der Waals surface area contributed by atoms with Gasteiger partial charge in [-0.3, -0.25) is 4.98 Å². The molecule has 0 fully saturated rings. The lowest BCUT2D eigenvalue weighted by Gasteiger charge is -2.06. The van der Waals surface area contributed by atoms with Crippen LogP contribution in [-0.2, 0) is 16.4 Å². The third kappa shape index (κ3) is 3.95. The average molecular weight is 423 g/mol. The van der Waals surface area contributed by atoms with Crippen LogP contribution in [0.1, 0.15) is 11.1 Å². The summed E-state index contributed by atoms with van der Waals surface area (Å²) in [7, 11) is -4.04. The second-order valence-electron chi connectivity index (χ2n) is 6.64. The summed E-state index contributed by atoms with van der Waals surface area (Å²) in [6, 6.07) is 15.6. The van der Waals surface area contributed by atoms with Crippen LogP contribution >= 0.6 is 0 Å². The Morgan fingerprint density at radius 3 is 2.50 bits per heavy atom. The van der Waals surface area contributed by atoms with Crippen molar-refractivity contribution in [1.29, 1.82) is 0 Å². The summed E-state index contributed by atoms with van der Waals surface area (Å²) < 4.78 is 45.5. The predicted molar refractivity (Wildman–Crippen MR) is 110 cm³/mol. The molecule has 152 valence electrons. The molecule has 0 aliphatic heterocycles. The molecule has 0 spiro atoms. The molecule has 8 heteroatoms. The first kappa shape index (κ1) is 19.8. The standard InChI is InChI=1S/C22H18FN3O3S/c1-15-5-2-3-7-19(15)20-26-22(30(27,28)18-10-8-17(23)9-11-18)21(29-20)25-14-16-6-4-12-24-13-16/h2-13,25H,14H2,1H3. The molecule has 2 aromatic heterocycles. The smallest absolute Gasteiger partial charge is 0.234 e. The summed E-state index contributed by atoms with van der Waals surface area (Å²) >= 11 is 0. The van der Waals surface area contributed by atoms with Gasteiger partial charge in [-0.1, -0.05) is 24.3 Å².